The standard InChI is InChI=1S/C24H23Cl2NO4/c1-13-22(18(24(30)31)10-14-4-2-3-5-14)17-12-16(28)7-9-21(17)27(13)23(29)15-6-8-19(25)20(26)11-15/h6-9,11-12,14,18,28H,2-5,10H2,1H3,(H,30,31)/t18-/m0/s1. The number of carbonyl (C=O) groups excluding carboxylic acids is 1. The SMILES string of the molecule is Cc1c([C@H](CC2CCCC2)C(=O)O)c2cc(O)ccc2n1C(=O)c1ccc(Cl)c(Cl)c1. The molecule has 0 saturated heterocycles. The lowest BCUT2D eigenvalue weighted by Crippen LogP contribution is -2.18. The van der Waals surface area contributed by atoms with E-state index in [1.54, 1.807) is 31.2 Å². The number of benzene rings is 2. The molecule has 5 nitrogen and oxygen atoms in total. The van der Waals surface area contributed by atoms with Gasteiger partial charge in [-0.2, -0.15) is 0 Å². The summed E-state index contributed by atoms with van der Waals surface area (Å²) in [6.07, 6.45) is 4.80. The van der Waals surface area contributed by atoms with E-state index in [0.29, 0.717) is 45.1 Å². The summed E-state index contributed by atoms with van der Waals surface area (Å²) in [4.78, 5) is 25.7. The summed E-state index contributed by atoms with van der Waals surface area (Å²) < 4.78 is 1.51. The number of hydrogen-bond acceptors (Lipinski definition) is 3. The molecule has 0 amide bonds. The summed E-state index contributed by atoms with van der Waals surface area (Å²) in [5.41, 5.74) is 2.04. The van der Waals surface area contributed by atoms with Crippen LogP contribution in [-0.4, -0.2) is 26.7 Å². The topological polar surface area (TPSA) is 79.5 Å². The molecule has 2 N–H and O–H groups in total. The molecule has 0 bridgehead atoms. The second kappa shape index (κ2) is 8.56. The van der Waals surface area contributed by atoms with E-state index in [0.717, 1.165) is 25.7 Å². The summed E-state index contributed by atoms with van der Waals surface area (Å²) >= 11 is 12.1. The molecule has 31 heavy (non-hydrogen) atoms. The predicted octanol–water partition coefficient (Wildman–Crippen LogP) is 6.40. The normalized spacial score (nSPS) is 15.5. The van der Waals surface area contributed by atoms with Crippen LogP contribution in [-0.2, 0) is 4.79 Å². The molecule has 1 fully saturated rings. The molecule has 1 heterocycles. The second-order valence-corrected chi connectivity index (χ2v) is 9.06. The third-order valence-corrected chi connectivity index (χ3v) is 7.04. The van der Waals surface area contributed by atoms with Gasteiger partial charge in [-0.25, -0.2) is 0 Å². The highest BCUT2D eigenvalue weighted by molar-refractivity contribution is 6.42. The number of phenolic OH excluding ortho intramolecular Hbond substituents is 1. The second-order valence-electron chi connectivity index (χ2n) is 8.25. The van der Waals surface area contributed by atoms with Gasteiger partial charge in [-0.3, -0.25) is 14.2 Å². The molecule has 0 aliphatic heterocycles. The number of phenols is 1. The number of fused-ring (bicyclic) bond motifs is 1. The van der Waals surface area contributed by atoms with E-state index in [4.69, 9.17) is 23.2 Å². The van der Waals surface area contributed by atoms with Gasteiger partial charge in [0.1, 0.15) is 5.75 Å². The molecule has 0 unspecified atom stereocenters. The molecule has 162 valence electrons. The quantitative estimate of drug-likeness (QED) is 0.462. The van der Waals surface area contributed by atoms with Crippen molar-refractivity contribution in [1.29, 1.82) is 0 Å². The van der Waals surface area contributed by atoms with E-state index in [9.17, 15) is 19.8 Å². The lowest BCUT2D eigenvalue weighted by molar-refractivity contribution is -0.139. The molecule has 1 saturated carbocycles. The smallest absolute Gasteiger partial charge is 0.311 e. The fraction of sp³-hybridized carbons (Fsp3) is 0.333. The summed E-state index contributed by atoms with van der Waals surface area (Å²) in [6, 6.07) is 9.34. The monoisotopic (exact) mass is 459 g/mol. The van der Waals surface area contributed by atoms with E-state index in [1.165, 1.54) is 16.7 Å². The maximum absolute atomic E-state index is 13.4. The maximum atomic E-state index is 13.4. The minimum atomic E-state index is -0.917. The highest BCUT2D eigenvalue weighted by atomic mass is 35.5. The van der Waals surface area contributed by atoms with Gasteiger partial charge in [-0.1, -0.05) is 48.9 Å². The molecule has 4 rings (SSSR count). The number of rotatable bonds is 5. The largest absolute Gasteiger partial charge is 0.508 e. The third kappa shape index (κ3) is 4.04. The van der Waals surface area contributed by atoms with Crippen LogP contribution >= 0.6 is 23.2 Å². The maximum Gasteiger partial charge on any atom is 0.311 e. The van der Waals surface area contributed by atoms with Gasteiger partial charge >= 0.3 is 5.97 Å². The Hall–Kier alpha value is -2.50. The van der Waals surface area contributed by atoms with Crippen LogP contribution in [0.2, 0.25) is 10.0 Å². The van der Waals surface area contributed by atoms with E-state index in [1.807, 2.05) is 0 Å². The van der Waals surface area contributed by atoms with Gasteiger partial charge in [0.2, 0.25) is 0 Å². The van der Waals surface area contributed by atoms with Crippen molar-refractivity contribution in [3.8, 4) is 5.75 Å². The highest BCUT2D eigenvalue weighted by Gasteiger charge is 2.32. The Morgan fingerprint density at radius 2 is 1.81 bits per heavy atom. The average Bonchev–Trinajstić information content (AvgIpc) is 3.33. The van der Waals surface area contributed by atoms with Gasteiger partial charge in [0.25, 0.3) is 5.91 Å². The summed E-state index contributed by atoms with van der Waals surface area (Å²) in [6.45, 7) is 1.76. The predicted molar refractivity (Wildman–Crippen MR) is 121 cm³/mol. The van der Waals surface area contributed by atoms with Crippen LogP contribution in [0.25, 0.3) is 10.9 Å². The van der Waals surface area contributed by atoms with Crippen LogP contribution in [0.5, 0.6) is 5.75 Å². The third-order valence-electron chi connectivity index (χ3n) is 6.30. The first-order valence-electron chi connectivity index (χ1n) is 10.3. The van der Waals surface area contributed by atoms with E-state index < -0.39 is 11.9 Å². The van der Waals surface area contributed by atoms with Crippen molar-refractivity contribution in [3.05, 3.63) is 63.3 Å². The van der Waals surface area contributed by atoms with Gasteiger partial charge in [-0.05, 0) is 61.2 Å². The van der Waals surface area contributed by atoms with Crippen LogP contribution in [0.1, 0.15) is 59.6 Å². The Kier molecular flexibility index (Phi) is 6.00. The van der Waals surface area contributed by atoms with Crippen LogP contribution in [0, 0.1) is 12.8 Å². The van der Waals surface area contributed by atoms with Crippen molar-refractivity contribution in [2.45, 2.75) is 44.9 Å². The van der Waals surface area contributed by atoms with Crippen LogP contribution in [0.15, 0.2) is 36.4 Å². The van der Waals surface area contributed by atoms with Crippen LogP contribution in [0.3, 0.4) is 0 Å². The van der Waals surface area contributed by atoms with Gasteiger partial charge in [0.15, 0.2) is 0 Å². The zero-order chi connectivity index (χ0) is 22.3. The molecule has 1 aromatic heterocycles. The van der Waals surface area contributed by atoms with Crippen molar-refractivity contribution in [2.24, 2.45) is 5.92 Å². The zero-order valence-corrected chi connectivity index (χ0v) is 18.6. The number of nitrogens with zero attached hydrogens (tertiary/aromatic N) is 1. The highest BCUT2D eigenvalue weighted by Crippen LogP contribution is 2.40. The van der Waals surface area contributed by atoms with Crippen LogP contribution < -0.4 is 0 Å². The minimum absolute atomic E-state index is 0.0258. The average molecular weight is 460 g/mol. The van der Waals surface area contributed by atoms with Crippen molar-refractivity contribution < 1.29 is 19.8 Å². The van der Waals surface area contributed by atoms with Gasteiger partial charge < -0.3 is 10.2 Å². The molecule has 1 atom stereocenters. The van der Waals surface area contributed by atoms with Gasteiger partial charge in [-0.15, -0.1) is 0 Å². The summed E-state index contributed by atoms with van der Waals surface area (Å²) in [7, 11) is 0. The minimum Gasteiger partial charge on any atom is -0.508 e. The molecule has 0 radical (unpaired) electrons. The zero-order valence-electron chi connectivity index (χ0n) is 17.1. The van der Waals surface area contributed by atoms with Crippen molar-refractivity contribution in [2.75, 3.05) is 0 Å². The number of aliphatic carboxylic acids is 1. The fourth-order valence-corrected chi connectivity index (χ4v) is 5.11. The number of carboxylic acids is 1. The van der Waals surface area contributed by atoms with Gasteiger partial charge in [0, 0.05) is 16.6 Å². The number of hydrogen-bond donors (Lipinski definition) is 2. The van der Waals surface area contributed by atoms with Crippen LogP contribution in [0.4, 0.5) is 0 Å². The Labute approximate surface area is 190 Å². The first-order chi connectivity index (χ1) is 14.8. The Morgan fingerprint density at radius 3 is 2.45 bits per heavy atom. The van der Waals surface area contributed by atoms with E-state index in [-0.39, 0.29) is 16.7 Å². The fourth-order valence-electron chi connectivity index (χ4n) is 4.81. The molecule has 0 spiro atoms. The number of aromatic nitrogens is 1. The first-order valence-corrected chi connectivity index (χ1v) is 11.1. The number of aromatic hydroxyl groups is 1. The Morgan fingerprint density at radius 1 is 1.10 bits per heavy atom. The van der Waals surface area contributed by atoms with E-state index in [2.05, 4.69) is 0 Å². The molecule has 7 heteroatoms. The van der Waals surface area contributed by atoms with Crippen molar-refractivity contribution in [1.82, 2.24) is 4.57 Å². The Balaban J connectivity index is 1.89. The number of halogens is 2. The summed E-state index contributed by atoms with van der Waals surface area (Å²) in [5.74, 6) is -1.63. The Bertz CT molecular complexity index is 1180. The molecule has 1 aliphatic carbocycles. The van der Waals surface area contributed by atoms with Gasteiger partial charge in [0.05, 0.1) is 21.5 Å². The number of carbonyl (C=O) groups is 2. The van der Waals surface area contributed by atoms with E-state index >= 15 is 0 Å². The lowest BCUT2D eigenvalue weighted by atomic mass is 9.86. The number of carboxylic acid groups (broad SMARTS) is 1. The van der Waals surface area contributed by atoms with Crippen molar-refractivity contribution >= 4 is 46.0 Å². The molecular weight excluding hydrogens is 437 g/mol. The molecule has 1 aliphatic rings. The molecule has 3 aromatic rings. The van der Waals surface area contributed by atoms with Crippen molar-refractivity contribution in [3.63, 3.8) is 0 Å². The first kappa shape index (κ1) is 21.7. The molecule has 2 aromatic carbocycles. The molecular formula is C24H23Cl2NO4. The lowest BCUT2D eigenvalue weighted by Gasteiger charge is -2.18. The summed E-state index contributed by atoms with van der Waals surface area (Å²) in [5, 5.41) is 21.4.